The number of benzene rings is 1. The Hall–Kier alpha value is -1.28. The van der Waals surface area contributed by atoms with Crippen LogP contribution in [0.15, 0.2) is 23.8 Å². The molecule has 0 aliphatic carbocycles. The highest BCUT2D eigenvalue weighted by Gasteiger charge is 2.11. The molecular weight excluding hydrogens is 162 g/mol. The van der Waals surface area contributed by atoms with Crippen LogP contribution < -0.4 is 10.5 Å². The number of aryl methyl sites for hydroxylation is 1. The maximum atomic E-state index is 5.61. The van der Waals surface area contributed by atoms with Crippen LogP contribution >= 0.6 is 0 Å². The minimum Gasteiger partial charge on any atom is -0.488 e. The number of hydrogen-bond donors (Lipinski definition) is 1. The van der Waals surface area contributed by atoms with Gasteiger partial charge in [0.05, 0.1) is 0 Å². The normalized spacial score (nSPS) is 14.5. The maximum absolute atomic E-state index is 5.61. The summed E-state index contributed by atoms with van der Waals surface area (Å²) in [5, 5.41) is 0. The number of para-hydroxylation sites is 1. The number of fused-ring (bicyclic) bond motifs is 1. The Balaban J connectivity index is 2.47. The summed E-state index contributed by atoms with van der Waals surface area (Å²) < 4.78 is 5.61. The summed E-state index contributed by atoms with van der Waals surface area (Å²) in [6.45, 7) is 3.27. The quantitative estimate of drug-likeness (QED) is 0.705. The highest BCUT2D eigenvalue weighted by Crippen LogP contribution is 2.28. The first-order valence-electron chi connectivity index (χ1n) is 4.43. The Bertz CT molecular complexity index is 355. The number of rotatable bonds is 1. The Kier molecular flexibility index (Phi) is 2.07. The van der Waals surface area contributed by atoms with Crippen molar-refractivity contribution in [3.8, 4) is 5.75 Å². The summed E-state index contributed by atoms with van der Waals surface area (Å²) in [6, 6.07) is 6.14. The molecule has 68 valence electrons. The van der Waals surface area contributed by atoms with Crippen LogP contribution in [0.3, 0.4) is 0 Å². The van der Waals surface area contributed by atoms with E-state index in [4.69, 9.17) is 10.5 Å². The first-order chi connectivity index (χ1) is 6.31. The van der Waals surface area contributed by atoms with Crippen LogP contribution in [0.2, 0.25) is 0 Å². The molecule has 0 fully saturated rings. The Morgan fingerprint density at radius 3 is 3.08 bits per heavy atom. The zero-order valence-corrected chi connectivity index (χ0v) is 7.71. The van der Waals surface area contributed by atoms with Gasteiger partial charge in [-0.15, -0.1) is 0 Å². The average molecular weight is 175 g/mol. The lowest BCUT2D eigenvalue weighted by molar-refractivity contribution is 0.343. The molecule has 0 aromatic heterocycles. The van der Waals surface area contributed by atoms with Crippen LogP contribution in [0, 0.1) is 6.92 Å². The van der Waals surface area contributed by atoms with Crippen molar-refractivity contribution in [3.05, 3.63) is 34.9 Å². The summed E-state index contributed by atoms with van der Waals surface area (Å²) in [4.78, 5) is 0. The first kappa shape index (κ1) is 8.32. The van der Waals surface area contributed by atoms with E-state index in [2.05, 4.69) is 25.1 Å². The van der Waals surface area contributed by atoms with Crippen LogP contribution in [0.1, 0.15) is 11.1 Å². The molecule has 2 heteroatoms. The van der Waals surface area contributed by atoms with Gasteiger partial charge in [0, 0.05) is 12.1 Å². The molecule has 1 aliphatic heterocycles. The second kappa shape index (κ2) is 3.23. The Labute approximate surface area is 78.0 Å². The van der Waals surface area contributed by atoms with Crippen molar-refractivity contribution in [3.63, 3.8) is 0 Å². The third kappa shape index (κ3) is 1.45. The topological polar surface area (TPSA) is 35.2 Å². The minimum absolute atomic E-state index is 0.577. The van der Waals surface area contributed by atoms with Crippen molar-refractivity contribution < 1.29 is 4.74 Å². The van der Waals surface area contributed by atoms with Crippen molar-refractivity contribution in [1.29, 1.82) is 0 Å². The standard InChI is InChI=1S/C11H13NO/c1-8-3-2-4-10-5-9(6-12)7-13-11(8)10/h2-5H,6-7,12H2,1H3. The molecule has 2 N–H and O–H groups in total. The van der Waals surface area contributed by atoms with Gasteiger partial charge in [0.1, 0.15) is 12.4 Å². The number of ether oxygens (including phenoxy) is 1. The zero-order chi connectivity index (χ0) is 9.26. The summed E-state index contributed by atoms with van der Waals surface area (Å²) in [5.41, 5.74) is 9.03. The molecule has 0 atom stereocenters. The van der Waals surface area contributed by atoms with Crippen LogP contribution in [0.4, 0.5) is 0 Å². The summed E-state index contributed by atoms with van der Waals surface area (Å²) in [6.07, 6.45) is 2.12. The third-order valence-electron chi connectivity index (χ3n) is 2.27. The molecule has 0 radical (unpaired) electrons. The molecule has 0 saturated heterocycles. The fourth-order valence-electron chi connectivity index (χ4n) is 1.53. The van der Waals surface area contributed by atoms with Crippen LogP contribution in [0.25, 0.3) is 6.08 Å². The van der Waals surface area contributed by atoms with Crippen LogP contribution in [-0.2, 0) is 0 Å². The van der Waals surface area contributed by atoms with Crippen molar-refractivity contribution in [2.24, 2.45) is 5.73 Å². The lowest BCUT2D eigenvalue weighted by atomic mass is 10.0. The van der Waals surface area contributed by atoms with E-state index >= 15 is 0 Å². The van der Waals surface area contributed by atoms with Gasteiger partial charge in [-0.25, -0.2) is 0 Å². The third-order valence-corrected chi connectivity index (χ3v) is 2.27. The van der Waals surface area contributed by atoms with E-state index in [1.165, 1.54) is 5.56 Å². The molecule has 0 unspecified atom stereocenters. The molecule has 13 heavy (non-hydrogen) atoms. The highest BCUT2D eigenvalue weighted by molar-refractivity contribution is 5.64. The summed E-state index contributed by atoms with van der Waals surface area (Å²) in [7, 11) is 0. The lowest BCUT2D eigenvalue weighted by Crippen LogP contribution is -2.15. The van der Waals surface area contributed by atoms with Crippen molar-refractivity contribution in [2.75, 3.05) is 13.2 Å². The fourth-order valence-corrected chi connectivity index (χ4v) is 1.53. The van der Waals surface area contributed by atoms with Gasteiger partial charge in [0.2, 0.25) is 0 Å². The average Bonchev–Trinajstić information content (AvgIpc) is 2.18. The van der Waals surface area contributed by atoms with E-state index in [0.717, 1.165) is 16.9 Å². The molecule has 1 heterocycles. The van der Waals surface area contributed by atoms with Gasteiger partial charge in [0.25, 0.3) is 0 Å². The van der Waals surface area contributed by atoms with Crippen LogP contribution in [-0.4, -0.2) is 13.2 Å². The van der Waals surface area contributed by atoms with Crippen molar-refractivity contribution in [1.82, 2.24) is 0 Å². The number of nitrogens with two attached hydrogens (primary N) is 1. The van der Waals surface area contributed by atoms with E-state index < -0.39 is 0 Å². The molecule has 2 rings (SSSR count). The van der Waals surface area contributed by atoms with Gasteiger partial charge in [-0.2, -0.15) is 0 Å². The van der Waals surface area contributed by atoms with E-state index in [1.807, 2.05) is 6.07 Å². The van der Waals surface area contributed by atoms with E-state index in [1.54, 1.807) is 0 Å². The molecule has 2 nitrogen and oxygen atoms in total. The minimum atomic E-state index is 0.577. The smallest absolute Gasteiger partial charge is 0.129 e. The largest absolute Gasteiger partial charge is 0.488 e. The van der Waals surface area contributed by atoms with E-state index in [9.17, 15) is 0 Å². The monoisotopic (exact) mass is 175 g/mol. The SMILES string of the molecule is Cc1cccc2c1OCC(CN)=C2. The van der Waals surface area contributed by atoms with Gasteiger partial charge < -0.3 is 10.5 Å². The summed E-state index contributed by atoms with van der Waals surface area (Å²) >= 11 is 0. The molecule has 0 bridgehead atoms. The molecule has 0 saturated carbocycles. The van der Waals surface area contributed by atoms with Gasteiger partial charge in [0.15, 0.2) is 0 Å². The molecule has 1 aromatic rings. The van der Waals surface area contributed by atoms with Gasteiger partial charge in [-0.05, 0) is 24.1 Å². The maximum Gasteiger partial charge on any atom is 0.129 e. The van der Waals surface area contributed by atoms with E-state index in [0.29, 0.717) is 13.2 Å². The fraction of sp³-hybridized carbons (Fsp3) is 0.273. The predicted molar refractivity (Wildman–Crippen MR) is 53.7 cm³/mol. The molecule has 0 spiro atoms. The second-order valence-corrected chi connectivity index (χ2v) is 3.29. The lowest BCUT2D eigenvalue weighted by Gasteiger charge is -2.18. The molecule has 1 aliphatic rings. The number of hydrogen-bond acceptors (Lipinski definition) is 2. The first-order valence-corrected chi connectivity index (χ1v) is 4.43. The molecule has 1 aromatic carbocycles. The predicted octanol–water partition coefficient (Wildman–Crippen LogP) is 1.73. The molecular formula is C11H13NO. The second-order valence-electron chi connectivity index (χ2n) is 3.29. The van der Waals surface area contributed by atoms with Gasteiger partial charge in [-0.3, -0.25) is 0 Å². The van der Waals surface area contributed by atoms with Crippen molar-refractivity contribution in [2.45, 2.75) is 6.92 Å². The Morgan fingerprint density at radius 2 is 2.31 bits per heavy atom. The van der Waals surface area contributed by atoms with Crippen LogP contribution in [0.5, 0.6) is 5.75 Å². The van der Waals surface area contributed by atoms with E-state index in [-0.39, 0.29) is 0 Å². The van der Waals surface area contributed by atoms with Gasteiger partial charge in [-0.1, -0.05) is 18.2 Å². The highest BCUT2D eigenvalue weighted by atomic mass is 16.5. The zero-order valence-electron chi connectivity index (χ0n) is 7.71. The molecule has 0 amide bonds. The Morgan fingerprint density at radius 1 is 1.46 bits per heavy atom. The van der Waals surface area contributed by atoms with Crippen molar-refractivity contribution >= 4 is 6.08 Å². The van der Waals surface area contributed by atoms with Gasteiger partial charge >= 0.3 is 0 Å². The summed E-state index contributed by atoms with van der Waals surface area (Å²) in [5.74, 6) is 1.000.